The Balaban J connectivity index is 2.40. The third-order valence-electron chi connectivity index (χ3n) is 2.54. The van der Waals surface area contributed by atoms with Crippen molar-refractivity contribution in [2.24, 2.45) is 5.73 Å². The molecule has 0 aliphatic rings. The number of nitrogens with two attached hydrogens (primary N) is 1. The Kier molecular flexibility index (Phi) is 5.52. The lowest BCUT2D eigenvalue weighted by atomic mass is 10.2. The van der Waals surface area contributed by atoms with Crippen molar-refractivity contribution in [2.75, 3.05) is 26.8 Å². The van der Waals surface area contributed by atoms with Crippen LogP contribution in [0.15, 0.2) is 10.5 Å². The Hall–Kier alpha value is -0.840. The summed E-state index contributed by atoms with van der Waals surface area (Å²) in [6.07, 6.45) is 0. The molecule has 0 aliphatic carbocycles. The van der Waals surface area contributed by atoms with Crippen LogP contribution in [0.4, 0.5) is 0 Å². The number of nitrogens with zero attached hydrogens (tertiary/aromatic N) is 1. The molecule has 0 bridgehead atoms. The lowest BCUT2D eigenvalue weighted by molar-refractivity contribution is 0.118. The Labute approximate surface area is 97.4 Å². The average molecular weight is 226 g/mol. The topological polar surface area (TPSA) is 51.6 Å². The summed E-state index contributed by atoms with van der Waals surface area (Å²) in [6, 6.07) is 2.03. The summed E-state index contributed by atoms with van der Waals surface area (Å²) in [5, 5.41) is 0. The van der Waals surface area contributed by atoms with Crippen molar-refractivity contribution in [3.05, 3.63) is 23.2 Å². The van der Waals surface area contributed by atoms with Crippen molar-refractivity contribution in [2.45, 2.75) is 26.9 Å². The lowest BCUT2D eigenvalue weighted by Gasteiger charge is -2.14. The first-order valence-corrected chi connectivity index (χ1v) is 5.72. The van der Waals surface area contributed by atoms with Gasteiger partial charge in [-0.25, -0.2) is 0 Å². The SMILES string of the molecule is CCOCCN(C)Cc1cc(CN)c(C)o1. The number of aryl methyl sites for hydroxylation is 1. The molecule has 0 aliphatic heterocycles. The van der Waals surface area contributed by atoms with Crippen LogP contribution < -0.4 is 5.73 Å². The van der Waals surface area contributed by atoms with E-state index in [1.165, 1.54) is 0 Å². The number of ether oxygens (including phenoxy) is 1. The van der Waals surface area contributed by atoms with Crippen LogP contribution in [0.25, 0.3) is 0 Å². The minimum atomic E-state index is 0.540. The standard InChI is InChI=1S/C12H22N2O2/c1-4-15-6-5-14(3)9-12-7-11(8-13)10(2)16-12/h7H,4-6,8-9,13H2,1-3H3. The van der Waals surface area contributed by atoms with E-state index in [2.05, 4.69) is 11.9 Å². The summed E-state index contributed by atoms with van der Waals surface area (Å²) >= 11 is 0. The van der Waals surface area contributed by atoms with Gasteiger partial charge in [0.1, 0.15) is 11.5 Å². The molecule has 1 rings (SSSR count). The van der Waals surface area contributed by atoms with Crippen LogP contribution in [0.1, 0.15) is 24.0 Å². The number of hydrogen-bond acceptors (Lipinski definition) is 4. The number of rotatable bonds is 7. The molecule has 92 valence electrons. The molecule has 0 aromatic carbocycles. The molecule has 4 heteroatoms. The van der Waals surface area contributed by atoms with Gasteiger partial charge in [0.15, 0.2) is 0 Å². The van der Waals surface area contributed by atoms with Crippen LogP contribution in [-0.2, 0) is 17.8 Å². The summed E-state index contributed by atoms with van der Waals surface area (Å²) in [6.45, 7) is 7.73. The summed E-state index contributed by atoms with van der Waals surface area (Å²) in [5.41, 5.74) is 6.69. The van der Waals surface area contributed by atoms with Gasteiger partial charge in [-0.1, -0.05) is 0 Å². The van der Waals surface area contributed by atoms with Gasteiger partial charge in [-0.05, 0) is 27.0 Å². The van der Waals surface area contributed by atoms with Gasteiger partial charge in [-0.2, -0.15) is 0 Å². The summed E-state index contributed by atoms with van der Waals surface area (Å²) < 4.78 is 10.9. The number of furan rings is 1. The van der Waals surface area contributed by atoms with Gasteiger partial charge in [-0.15, -0.1) is 0 Å². The third-order valence-corrected chi connectivity index (χ3v) is 2.54. The second-order valence-corrected chi connectivity index (χ2v) is 3.93. The molecule has 0 radical (unpaired) electrons. The first-order valence-electron chi connectivity index (χ1n) is 5.72. The zero-order valence-electron chi connectivity index (χ0n) is 10.5. The maximum Gasteiger partial charge on any atom is 0.118 e. The third kappa shape index (κ3) is 3.96. The van der Waals surface area contributed by atoms with Gasteiger partial charge < -0.3 is 14.9 Å². The highest BCUT2D eigenvalue weighted by molar-refractivity contribution is 5.20. The van der Waals surface area contributed by atoms with E-state index in [9.17, 15) is 0 Å². The minimum absolute atomic E-state index is 0.540. The van der Waals surface area contributed by atoms with Gasteiger partial charge in [0.25, 0.3) is 0 Å². The van der Waals surface area contributed by atoms with E-state index in [4.69, 9.17) is 14.9 Å². The highest BCUT2D eigenvalue weighted by Crippen LogP contribution is 2.15. The van der Waals surface area contributed by atoms with E-state index in [-0.39, 0.29) is 0 Å². The fraction of sp³-hybridized carbons (Fsp3) is 0.667. The summed E-state index contributed by atoms with van der Waals surface area (Å²) in [5.74, 6) is 1.90. The predicted molar refractivity (Wildman–Crippen MR) is 64.2 cm³/mol. The minimum Gasteiger partial charge on any atom is -0.465 e. The smallest absolute Gasteiger partial charge is 0.118 e. The Morgan fingerprint density at radius 3 is 2.81 bits per heavy atom. The molecule has 0 atom stereocenters. The van der Waals surface area contributed by atoms with E-state index >= 15 is 0 Å². The second kappa shape index (κ2) is 6.68. The quantitative estimate of drug-likeness (QED) is 0.716. The molecule has 1 aromatic heterocycles. The van der Waals surface area contributed by atoms with Crippen molar-refractivity contribution in [1.82, 2.24) is 4.90 Å². The van der Waals surface area contributed by atoms with Crippen LogP contribution in [0.5, 0.6) is 0 Å². The fourth-order valence-corrected chi connectivity index (χ4v) is 1.58. The first kappa shape index (κ1) is 13.2. The zero-order valence-corrected chi connectivity index (χ0v) is 10.5. The van der Waals surface area contributed by atoms with Gasteiger partial charge in [-0.3, -0.25) is 4.90 Å². The molecule has 2 N–H and O–H groups in total. The van der Waals surface area contributed by atoms with E-state index in [1.807, 2.05) is 19.9 Å². The Morgan fingerprint density at radius 2 is 2.25 bits per heavy atom. The number of hydrogen-bond donors (Lipinski definition) is 1. The highest BCUT2D eigenvalue weighted by Gasteiger charge is 2.08. The molecule has 4 nitrogen and oxygen atoms in total. The van der Waals surface area contributed by atoms with Gasteiger partial charge in [0, 0.05) is 25.3 Å². The van der Waals surface area contributed by atoms with Crippen LogP contribution in [0, 0.1) is 6.92 Å². The number of likely N-dealkylation sites (N-methyl/N-ethyl adjacent to an activating group) is 1. The van der Waals surface area contributed by atoms with Gasteiger partial charge in [0.2, 0.25) is 0 Å². The molecule has 0 saturated heterocycles. The lowest BCUT2D eigenvalue weighted by Crippen LogP contribution is -2.22. The molecule has 0 amide bonds. The maximum atomic E-state index is 5.62. The van der Waals surface area contributed by atoms with Gasteiger partial charge in [0.05, 0.1) is 13.2 Å². The molecule has 16 heavy (non-hydrogen) atoms. The van der Waals surface area contributed by atoms with Crippen molar-refractivity contribution in [3.63, 3.8) is 0 Å². The van der Waals surface area contributed by atoms with E-state index < -0.39 is 0 Å². The molecular formula is C12H22N2O2. The Bertz CT molecular complexity index is 310. The Morgan fingerprint density at radius 1 is 1.50 bits per heavy atom. The zero-order chi connectivity index (χ0) is 12.0. The van der Waals surface area contributed by atoms with E-state index in [1.54, 1.807) is 0 Å². The van der Waals surface area contributed by atoms with Crippen LogP contribution in [0.2, 0.25) is 0 Å². The molecule has 0 spiro atoms. The van der Waals surface area contributed by atoms with Crippen molar-refractivity contribution in [3.8, 4) is 0 Å². The predicted octanol–water partition coefficient (Wildman–Crippen LogP) is 1.52. The van der Waals surface area contributed by atoms with E-state index in [0.717, 1.165) is 43.4 Å². The monoisotopic (exact) mass is 226 g/mol. The molecule has 0 fully saturated rings. The van der Waals surface area contributed by atoms with Crippen molar-refractivity contribution < 1.29 is 9.15 Å². The van der Waals surface area contributed by atoms with Crippen molar-refractivity contribution >= 4 is 0 Å². The molecular weight excluding hydrogens is 204 g/mol. The van der Waals surface area contributed by atoms with Crippen LogP contribution in [-0.4, -0.2) is 31.7 Å². The normalized spacial score (nSPS) is 11.3. The largest absolute Gasteiger partial charge is 0.465 e. The summed E-state index contributed by atoms with van der Waals surface area (Å²) in [4.78, 5) is 2.17. The molecule has 1 aromatic rings. The first-order chi connectivity index (χ1) is 7.67. The maximum absolute atomic E-state index is 5.62. The van der Waals surface area contributed by atoms with Gasteiger partial charge >= 0.3 is 0 Å². The van der Waals surface area contributed by atoms with Crippen molar-refractivity contribution in [1.29, 1.82) is 0 Å². The van der Waals surface area contributed by atoms with E-state index in [0.29, 0.717) is 6.54 Å². The molecule has 1 heterocycles. The molecule has 0 saturated carbocycles. The summed E-state index contributed by atoms with van der Waals surface area (Å²) in [7, 11) is 2.05. The fourth-order valence-electron chi connectivity index (χ4n) is 1.58. The van der Waals surface area contributed by atoms with Crippen LogP contribution >= 0.6 is 0 Å². The molecule has 0 unspecified atom stereocenters. The average Bonchev–Trinajstić information content (AvgIpc) is 2.59. The van der Waals surface area contributed by atoms with Crippen LogP contribution in [0.3, 0.4) is 0 Å². The highest BCUT2D eigenvalue weighted by atomic mass is 16.5. The second-order valence-electron chi connectivity index (χ2n) is 3.93.